The summed E-state index contributed by atoms with van der Waals surface area (Å²) >= 11 is 0. The first-order chi connectivity index (χ1) is 8.72. The van der Waals surface area contributed by atoms with Crippen molar-refractivity contribution >= 4 is 5.97 Å². The normalized spacial score (nSPS) is 12.1. The van der Waals surface area contributed by atoms with Gasteiger partial charge in [-0.3, -0.25) is 4.79 Å². The van der Waals surface area contributed by atoms with E-state index in [9.17, 15) is 4.79 Å². The lowest BCUT2D eigenvalue weighted by Crippen LogP contribution is -2.08. The molecule has 1 aromatic carbocycles. The van der Waals surface area contributed by atoms with Crippen LogP contribution in [-0.2, 0) is 4.79 Å². The van der Waals surface area contributed by atoms with Gasteiger partial charge in [0, 0.05) is 5.56 Å². The van der Waals surface area contributed by atoms with E-state index in [0.29, 0.717) is 11.5 Å². The van der Waals surface area contributed by atoms with Crippen LogP contribution < -0.4 is 4.74 Å². The fourth-order valence-electron chi connectivity index (χ4n) is 1.98. The molecule has 0 saturated carbocycles. The van der Waals surface area contributed by atoms with Crippen LogP contribution in [-0.4, -0.2) is 18.2 Å². The number of aliphatic carboxylic acids is 1. The van der Waals surface area contributed by atoms with Crippen LogP contribution in [0.1, 0.15) is 23.7 Å². The Hall–Kier alpha value is -2.23. The number of furan rings is 1. The molecule has 0 unspecified atom stereocenters. The number of hydrogen-bond donors (Lipinski definition) is 1. The minimum absolute atomic E-state index is 0.0338. The standard InChI is InChI=1S/C14H14O4/c1-17-12-6-3-2-5-10(12)11(9-14(15)16)13-7-4-8-18-13/h2-8,11H,9H2,1H3,(H,15,16)/t11-/m1/s1. The van der Waals surface area contributed by atoms with Crippen molar-refractivity contribution in [3.8, 4) is 5.75 Å². The second-order valence-electron chi connectivity index (χ2n) is 3.91. The van der Waals surface area contributed by atoms with E-state index in [2.05, 4.69) is 0 Å². The van der Waals surface area contributed by atoms with Crippen molar-refractivity contribution in [3.63, 3.8) is 0 Å². The summed E-state index contributed by atoms with van der Waals surface area (Å²) in [6.45, 7) is 0. The lowest BCUT2D eigenvalue weighted by molar-refractivity contribution is -0.137. The average Bonchev–Trinajstić information content (AvgIpc) is 2.89. The molecule has 4 heteroatoms. The predicted molar refractivity (Wildman–Crippen MR) is 65.8 cm³/mol. The lowest BCUT2D eigenvalue weighted by Gasteiger charge is -2.16. The van der Waals surface area contributed by atoms with E-state index in [-0.39, 0.29) is 12.3 Å². The highest BCUT2D eigenvalue weighted by molar-refractivity contribution is 5.69. The smallest absolute Gasteiger partial charge is 0.304 e. The maximum absolute atomic E-state index is 11.0. The molecule has 0 amide bonds. The molecule has 1 atom stereocenters. The second-order valence-corrected chi connectivity index (χ2v) is 3.91. The molecule has 18 heavy (non-hydrogen) atoms. The number of methoxy groups -OCH3 is 1. The van der Waals surface area contributed by atoms with Crippen molar-refractivity contribution in [1.82, 2.24) is 0 Å². The van der Waals surface area contributed by atoms with Gasteiger partial charge >= 0.3 is 5.97 Å². The number of para-hydroxylation sites is 1. The van der Waals surface area contributed by atoms with Gasteiger partial charge in [0.15, 0.2) is 0 Å². The zero-order chi connectivity index (χ0) is 13.0. The minimum Gasteiger partial charge on any atom is -0.496 e. The maximum atomic E-state index is 11.0. The van der Waals surface area contributed by atoms with Crippen LogP contribution in [0, 0.1) is 0 Å². The highest BCUT2D eigenvalue weighted by Crippen LogP contribution is 2.34. The molecule has 1 aromatic heterocycles. The second kappa shape index (κ2) is 5.40. The Bertz CT molecular complexity index is 516. The van der Waals surface area contributed by atoms with Crippen molar-refractivity contribution in [2.75, 3.05) is 7.11 Å². The molecule has 1 heterocycles. The van der Waals surface area contributed by atoms with Gasteiger partial charge in [-0.05, 0) is 18.2 Å². The first kappa shape index (κ1) is 12.2. The van der Waals surface area contributed by atoms with Gasteiger partial charge in [0.2, 0.25) is 0 Å². The Morgan fingerprint density at radius 3 is 2.72 bits per heavy atom. The van der Waals surface area contributed by atoms with Gasteiger partial charge in [-0.25, -0.2) is 0 Å². The molecular weight excluding hydrogens is 232 g/mol. The largest absolute Gasteiger partial charge is 0.496 e. The molecule has 0 aliphatic heterocycles. The van der Waals surface area contributed by atoms with Crippen LogP contribution in [0.4, 0.5) is 0 Å². The summed E-state index contributed by atoms with van der Waals surface area (Å²) in [7, 11) is 1.57. The Kier molecular flexibility index (Phi) is 3.67. The molecule has 2 aromatic rings. The zero-order valence-electron chi connectivity index (χ0n) is 10.00. The third-order valence-electron chi connectivity index (χ3n) is 2.78. The van der Waals surface area contributed by atoms with Gasteiger partial charge in [-0.2, -0.15) is 0 Å². The number of rotatable bonds is 5. The Balaban J connectivity index is 2.43. The van der Waals surface area contributed by atoms with E-state index in [1.165, 1.54) is 0 Å². The Morgan fingerprint density at radius 2 is 2.11 bits per heavy atom. The highest BCUT2D eigenvalue weighted by Gasteiger charge is 2.23. The Morgan fingerprint density at radius 1 is 1.33 bits per heavy atom. The number of ether oxygens (including phenoxy) is 1. The molecule has 0 saturated heterocycles. The molecule has 0 radical (unpaired) electrons. The van der Waals surface area contributed by atoms with E-state index < -0.39 is 5.97 Å². The van der Waals surface area contributed by atoms with E-state index in [1.54, 1.807) is 25.5 Å². The number of carboxylic acids is 1. The van der Waals surface area contributed by atoms with Crippen LogP contribution in [0.25, 0.3) is 0 Å². The fourth-order valence-corrected chi connectivity index (χ4v) is 1.98. The Labute approximate surface area is 105 Å². The van der Waals surface area contributed by atoms with Gasteiger partial charge in [0.25, 0.3) is 0 Å². The summed E-state index contributed by atoms with van der Waals surface area (Å²) in [6, 6.07) is 10.9. The highest BCUT2D eigenvalue weighted by atomic mass is 16.5. The lowest BCUT2D eigenvalue weighted by atomic mass is 9.92. The third kappa shape index (κ3) is 2.53. The van der Waals surface area contributed by atoms with Crippen LogP contribution in [0.15, 0.2) is 47.1 Å². The monoisotopic (exact) mass is 246 g/mol. The summed E-state index contributed by atoms with van der Waals surface area (Å²) in [5.74, 6) is 0.0815. The van der Waals surface area contributed by atoms with Crippen LogP contribution >= 0.6 is 0 Å². The maximum Gasteiger partial charge on any atom is 0.304 e. The van der Waals surface area contributed by atoms with Crippen LogP contribution in [0.3, 0.4) is 0 Å². The SMILES string of the molecule is COc1ccccc1[C@@H](CC(=O)O)c1ccco1. The molecule has 0 bridgehead atoms. The number of carboxylic acid groups (broad SMARTS) is 1. The molecule has 2 rings (SSSR count). The van der Waals surface area contributed by atoms with Crippen molar-refractivity contribution in [1.29, 1.82) is 0 Å². The molecule has 0 spiro atoms. The molecule has 0 aliphatic carbocycles. The molecule has 1 N–H and O–H groups in total. The minimum atomic E-state index is -0.873. The predicted octanol–water partition coefficient (Wildman–Crippen LogP) is 2.89. The van der Waals surface area contributed by atoms with Crippen molar-refractivity contribution < 1.29 is 19.1 Å². The molecule has 94 valence electrons. The molecular formula is C14H14O4. The molecule has 4 nitrogen and oxygen atoms in total. The van der Waals surface area contributed by atoms with E-state index in [1.807, 2.05) is 24.3 Å². The molecule has 0 fully saturated rings. The number of benzene rings is 1. The van der Waals surface area contributed by atoms with Crippen LogP contribution in [0.5, 0.6) is 5.75 Å². The summed E-state index contributed by atoms with van der Waals surface area (Å²) in [5, 5.41) is 9.03. The third-order valence-corrected chi connectivity index (χ3v) is 2.78. The fraction of sp³-hybridized carbons (Fsp3) is 0.214. The van der Waals surface area contributed by atoms with Crippen molar-refractivity contribution in [2.45, 2.75) is 12.3 Å². The summed E-state index contributed by atoms with van der Waals surface area (Å²) in [5.41, 5.74) is 0.817. The first-order valence-corrected chi connectivity index (χ1v) is 5.60. The van der Waals surface area contributed by atoms with E-state index >= 15 is 0 Å². The zero-order valence-corrected chi connectivity index (χ0v) is 10.00. The van der Waals surface area contributed by atoms with E-state index in [4.69, 9.17) is 14.3 Å². The van der Waals surface area contributed by atoms with Gasteiger partial charge in [0.05, 0.1) is 25.7 Å². The van der Waals surface area contributed by atoms with Crippen LogP contribution in [0.2, 0.25) is 0 Å². The van der Waals surface area contributed by atoms with E-state index in [0.717, 1.165) is 5.56 Å². The average molecular weight is 246 g/mol. The van der Waals surface area contributed by atoms with Gasteiger partial charge in [0.1, 0.15) is 11.5 Å². The topological polar surface area (TPSA) is 59.7 Å². The number of carbonyl (C=O) groups is 1. The quantitative estimate of drug-likeness (QED) is 0.881. The first-order valence-electron chi connectivity index (χ1n) is 5.60. The summed E-state index contributed by atoms with van der Waals surface area (Å²) < 4.78 is 10.6. The summed E-state index contributed by atoms with van der Waals surface area (Å²) in [4.78, 5) is 11.0. The summed E-state index contributed by atoms with van der Waals surface area (Å²) in [6.07, 6.45) is 1.51. The number of hydrogen-bond acceptors (Lipinski definition) is 3. The molecule has 0 aliphatic rings. The van der Waals surface area contributed by atoms with Gasteiger partial charge < -0.3 is 14.3 Å². The van der Waals surface area contributed by atoms with Gasteiger partial charge in [-0.15, -0.1) is 0 Å². The van der Waals surface area contributed by atoms with Crippen molar-refractivity contribution in [3.05, 3.63) is 54.0 Å². The van der Waals surface area contributed by atoms with Crippen molar-refractivity contribution in [2.24, 2.45) is 0 Å². The van der Waals surface area contributed by atoms with Gasteiger partial charge in [-0.1, -0.05) is 18.2 Å².